The zero-order valence-electron chi connectivity index (χ0n) is 7.53. The monoisotopic (exact) mass is 182 g/mol. The molecule has 0 aromatic rings. The third-order valence-corrected chi connectivity index (χ3v) is 2.36. The van der Waals surface area contributed by atoms with Gasteiger partial charge < -0.3 is 9.64 Å². The lowest BCUT2D eigenvalue weighted by Gasteiger charge is -2.35. The van der Waals surface area contributed by atoms with Crippen molar-refractivity contribution < 1.29 is 9.53 Å². The maximum Gasteiger partial charge on any atom is 0.247 e. The third kappa shape index (κ3) is 1.89. The molecule has 4 heteroatoms. The molecule has 4 nitrogen and oxygen atoms in total. The molecule has 2 rings (SSSR count). The van der Waals surface area contributed by atoms with Gasteiger partial charge in [-0.3, -0.25) is 10.1 Å². The van der Waals surface area contributed by atoms with Gasteiger partial charge in [0.15, 0.2) is 0 Å². The van der Waals surface area contributed by atoms with Crippen molar-refractivity contribution in [3.05, 3.63) is 12.2 Å². The minimum atomic E-state index is 0.0752. The van der Waals surface area contributed by atoms with Crippen molar-refractivity contribution in [2.24, 2.45) is 0 Å². The summed E-state index contributed by atoms with van der Waals surface area (Å²) < 4.78 is 5.30. The maximum atomic E-state index is 11.4. The van der Waals surface area contributed by atoms with Gasteiger partial charge in [-0.25, -0.2) is 0 Å². The molecule has 1 fully saturated rings. The van der Waals surface area contributed by atoms with Crippen LogP contribution in [-0.2, 0) is 9.53 Å². The van der Waals surface area contributed by atoms with Crippen LogP contribution in [0.2, 0.25) is 0 Å². The highest BCUT2D eigenvalue weighted by atomic mass is 16.5. The molecule has 1 unspecified atom stereocenters. The summed E-state index contributed by atoms with van der Waals surface area (Å²) in [5.74, 6) is 0.0919. The first-order valence-electron chi connectivity index (χ1n) is 4.66. The molecule has 1 N–H and O–H groups in total. The van der Waals surface area contributed by atoms with Crippen molar-refractivity contribution in [2.45, 2.75) is 12.6 Å². The fraction of sp³-hybridized carbons (Fsp3) is 0.667. The summed E-state index contributed by atoms with van der Waals surface area (Å²) >= 11 is 0. The van der Waals surface area contributed by atoms with E-state index in [2.05, 4.69) is 5.32 Å². The van der Waals surface area contributed by atoms with Gasteiger partial charge in [-0.2, -0.15) is 0 Å². The lowest BCUT2D eigenvalue weighted by Crippen LogP contribution is -2.55. The number of carbonyl (C=O) groups excluding carboxylic acids is 1. The van der Waals surface area contributed by atoms with E-state index in [1.165, 1.54) is 0 Å². The smallest absolute Gasteiger partial charge is 0.247 e. The summed E-state index contributed by atoms with van der Waals surface area (Å²) in [7, 11) is 0. The third-order valence-electron chi connectivity index (χ3n) is 2.36. The highest BCUT2D eigenvalue weighted by molar-refractivity contribution is 5.88. The Labute approximate surface area is 77.5 Å². The molecular weight excluding hydrogens is 168 g/mol. The number of rotatable bonds is 1. The highest BCUT2D eigenvalue weighted by Crippen LogP contribution is 2.08. The van der Waals surface area contributed by atoms with Crippen molar-refractivity contribution in [1.29, 1.82) is 0 Å². The Balaban J connectivity index is 1.98. The number of nitrogens with one attached hydrogen (secondary N) is 1. The number of hydrogen-bond donors (Lipinski definition) is 1. The number of morpholine rings is 1. The van der Waals surface area contributed by atoms with E-state index < -0.39 is 0 Å². The van der Waals surface area contributed by atoms with Crippen LogP contribution in [0.1, 0.15) is 6.42 Å². The first-order valence-corrected chi connectivity index (χ1v) is 4.66. The fourth-order valence-corrected chi connectivity index (χ4v) is 1.66. The van der Waals surface area contributed by atoms with Crippen molar-refractivity contribution in [3.63, 3.8) is 0 Å². The van der Waals surface area contributed by atoms with Crippen molar-refractivity contribution in [3.8, 4) is 0 Å². The van der Waals surface area contributed by atoms with Crippen LogP contribution in [0.25, 0.3) is 0 Å². The Kier molecular flexibility index (Phi) is 2.61. The van der Waals surface area contributed by atoms with Gasteiger partial charge in [0.05, 0.1) is 13.2 Å². The molecular formula is C9H14N2O2. The lowest BCUT2D eigenvalue weighted by molar-refractivity contribution is -0.132. The molecule has 72 valence electrons. The van der Waals surface area contributed by atoms with Crippen LogP contribution in [0.3, 0.4) is 0 Å². The van der Waals surface area contributed by atoms with Crippen LogP contribution in [0, 0.1) is 0 Å². The van der Waals surface area contributed by atoms with Gasteiger partial charge in [0.2, 0.25) is 5.91 Å². The molecule has 1 atom stereocenters. The molecule has 13 heavy (non-hydrogen) atoms. The van der Waals surface area contributed by atoms with Gasteiger partial charge in [-0.05, 0) is 12.5 Å². The molecule has 2 aliphatic rings. The predicted molar refractivity (Wildman–Crippen MR) is 48.1 cm³/mol. The first-order chi connectivity index (χ1) is 6.38. The number of hydrogen-bond acceptors (Lipinski definition) is 3. The van der Waals surface area contributed by atoms with E-state index in [4.69, 9.17) is 4.74 Å². The summed E-state index contributed by atoms with van der Waals surface area (Å²) in [6, 6.07) is 0. The van der Waals surface area contributed by atoms with E-state index in [1.54, 1.807) is 6.08 Å². The summed E-state index contributed by atoms with van der Waals surface area (Å²) in [5, 5.41) is 3.27. The van der Waals surface area contributed by atoms with E-state index in [-0.39, 0.29) is 12.1 Å². The fourth-order valence-electron chi connectivity index (χ4n) is 1.66. The second-order valence-corrected chi connectivity index (χ2v) is 3.27. The second kappa shape index (κ2) is 3.89. The van der Waals surface area contributed by atoms with Gasteiger partial charge in [0.1, 0.15) is 6.17 Å². The van der Waals surface area contributed by atoms with Gasteiger partial charge >= 0.3 is 0 Å². The Hall–Kier alpha value is -0.870. The Morgan fingerprint density at radius 1 is 1.62 bits per heavy atom. The SMILES string of the molecule is O=C1C=CCCN1C1COCCN1. The van der Waals surface area contributed by atoms with Gasteiger partial charge in [-0.1, -0.05) is 6.08 Å². The highest BCUT2D eigenvalue weighted by Gasteiger charge is 2.24. The van der Waals surface area contributed by atoms with Gasteiger partial charge in [0, 0.05) is 13.1 Å². The van der Waals surface area contributed by atoms with Crippen molar-refractivity contribution in [1.82, 2.24) is 10.2 Å². The van der Waals surface area contributed by atoms with E-state index in [0.29, 0.717) is 6.61 Å². The lowest BCUT2D eigenvalue weighted by atomic mass is 10.2. The van der Waals surface area contributed by atoms with Gasteiger partial charge in [0.25, 0.3) is 0 Å². The topological polar surface area (TPSA) is 41.6 Å². The molecule has 2 heterocycles. The second-order valence-electron chi connectivity index (χ2n) is 3.27. The zero-order chi connectivity index (χ0) is 9.10. The van der Waals surface area contributed by atoms with E-state index in [0.717, 1.165) is 26.1 Å². The largest absolute Gasteiger partial charge is 0.377 e. The summed E-state index contributed by atoms with van der Waals surface area (Å²) in [6.45, 7) is 2.99. The van der Waals surface area contributed by atoms with Gasteiger partial charge in [-0.15, -0.1) is 0 Å². The minimum absolute atomic E-state index is 0.0752. The van der Waals surface area contributed by atoms with Crippen LogP contribution < -0.4 is 5.32 Å². The van der Waals surface area contributed by atoms with Crippen molar-refractivity contribution in [2.75, 3.05) is 26.3 Å². The zero-order valence-corrected chi connectivity index (χ0v) is 7.53. The average Bonchev–Trinajstić information content (AvgIpc) is 2.20. The van der Waals surface area contributed by atoms with Crippen molar-refractivity contribution >= 4 is 5.91 Å². The number of amides is 1. The normalized spacial score (nSPS) is 29.4. The molecule has 0 aliphatic carbocycles. The number of carbonyl (C=O) groups is 1. The van der Waals surface area contributed by atoms with Crippen LogP contribution in [0.5, 0.6) is 0 Å². The molecule has 0 aromatic heterocycles. The van der Waals surface area contributed by atoms with E-state index >= 15 is 0 Å². The summed E-state index contributed by atoms with van der Waals surface area (Å²) in [5.41, 5.74) is 0. The Morgan fingerprint density at radius 2 is 2.54 bits per heavy atom. The standard InChI is InChI=1S/C9H14N2O2/c12-9-3-1-2-5-11(9)8-7-13-6-4-10-8/h1,3,8,10H,2,4-7H2. The molecule has 2 aliphatic heterocycles. The molecule has 0 bridgehead atoms. The molecule has 0 radical (unpaired) electrons. The molecule has 1 amide bonds. The first kappa shape index (κ1) is 8.72. The summed E-state index contributed by atoms with van der Waals surface area (Å²) in [4.78, 5) is 13.3. The molecule has 1 saturated heterocycles. The molecule has 0 spiro atoms. The predicted octanol–water partition coefficient (Wildman–Crippen LogP) is -0.279. The minimum Gasteiger partial charge on any atom is -0.377 e. The van der Waals surface area contributed by atoms with E-state index in [9.17, 15) is 4.79 Å². The Morgan fingerprint density at radius 3 is 3.23 bits per heavy atom. The van der Waals surface area contributed by atoms with Crippen LogP contribution >= 0.6 is 0 Å². The van der Waals surface area contributed by atoms with Crippen LogP contribution in [0.15, 0.2) is 12.2 Å². The average molecular weight is 182 g/mol. The maximum absolute atomic E-state index is 11.4. The molecule has 0 aromatic carbocycles. The summed E-state index contributed by atoms with van der Waals surface area (Å²) in [6.07, 6.45) is 4.58. The van der Waals surface area contributed by atoms with Crippen LogP contribution in [-0.4, -0.2) is 43.3 Å². The van der Waals surface area contributed by atoms with E-state index in [1.807, 2.05) is 11.0 Å². The quantitative estimate of drug-likeness (QED) is 0.606. The number of nitrogens with zero attached hydrogens (tertiary/aromatic N) is 1. The molecule has 0 saturated carbocycles. The Bertz CT molecular complexity index is 222. The number of ether oxygens (including phenoxy) is 1. The van der Waals surface area contributed by atoms with Crippen LogP contribution in [0.4, 0.5) is 0 Å².